The van der Waals surface area contributed by atoms with E-state index in [1.807, 2.05) is 18.2 Å². The fourth-order valence-electron chi connectivity index (χ4n) is 4.87. The molecule has 1 saturated carbocycles. The van der Waals surface area contributed by atoms with Crippen molar-refractivity contribution in [2.45, 2.75) is 45.2 Å². The Bertz CT molecular complexity index is 1210. The highest BCUT2D eigenvalue weighted by molar-refractivity contribution is 6.32. The summed E-state index contributed by atoms with van der Waals surface area (Å²) < 4.78 is 5.24. The molecule has 1 aromatic carbocycles. The normalized spacial score (nSPS) is 16.3. The van der Waals surface area contributed by atoms with Crippen LogP contribution in [-0.4, -0.2) is 46.0 Å². The standard InChI is InChI=1S/C26H30ClN7O2/c1-36-21-5-4-18(14-20(21)27)15-30-23-19(24(35)31-17-22-28-10-3-11-29-22)16-32-25(33-23)34-12-8-26(9-13-34)6-2-7-26/h3-5,10-11,14,16H,2,6-9,12-13,15,17H2,1H3,(H,31,35)(H,30,32,33). The Morgan fingerprint density at radius 1 is 1.11 bits per heavy atom. The molecule has 1 aliphatic carbocycles. The highest BCUT2D eigenvalue weighted by atomic mass is 35.5. The molecule has 0 bridgehead atoms. The second kappa shape index (κ2) is 10.7. The van der Waals surface area contributed by atoms with Gasteiger partial charge in [0.2, 0.25) is 5.95 Å². The first kappa shape index (κ1) is 24.2. The van der Waals surface area contributed by atoms with Crippen LogP contribution >= 0.6 is 11.6 Å². The lowest BCUT2D eigenvalue weighted by molar-refractivity contribution is 0.0948. The van der Waals surface area contributed by atoms with Gasteiger partial charge in [0, 0.05) is 38.2 Å². The lowest BCUT2D eigenvalue weighted by Gasteiger charge is -2.48. The molecule has 1 saturated heterocycles. The fraction of sp³-hybridized carbons (Fsp3) is 0.423. The molecular weight excluding hydrogens is 478 g/mol. The van der Waals surface area contributed by atoms with E-state index in [4.69, 9.17) is 21.3 Å². The van der Waals surface area contributed by atoms with Gasteiger partial charge >= 0.3 is 0 Å². The number of anilines is 2. The number of halogens is 1. The molecule has 9 nitrogen and oxygen atoms in total. The van der Waals surface area contributed by atoms with E-state index in [2.05, 4.69) is 30.5 Å². The van der Waals surface area contributed by atoms with Crippen molar-refractivity contribution in [3.05, 3.63) is 64.8 Å². The lowest BCUT2D eigenvalue weighted by Crippen LogP contribution is -2.44. The van der Waals surface area contributed by atoms with Gasteiger partial charge in [-0.15, -0.1) is 0 Å². The number of amides is 1. The van der Waals surface area contributed by atoms with E-state index in [1.54, 1.807) is 31.8 Å². The first-order valence-electron chi connectivity index (χ1n) is 12.3. The topological polar surface area (TPSA) is 105 Å². The van der Waals surface area contributed by atoms with Crippen LogP contribution in [0.4, 0.5) is 11.8 Å². The second-order valence-electron chi connectivity index (χ2n) is 9.44. The molecule has 3 aromatic rings. The molecule has 1 aliphatic heterocycles. The van der Waals surface area contributed by atoms with Crippen LogP contribution < -0.4 is 20.3 Å². The molecule has 1 spiro atoms. The molecule has 1 amide bonds. The summed E-state index contributed by atoms with van der Waals surface area (Å²) in [5.41, 5.74) is 1.83. The Labute approximate surface area is 215 Å². The highest BCUT2D eigenvalue weighted by Crippen LogP contribution is 2.49. The van der Waals surface area contributed by atoms with Gasteiger partial charge in [-0.1, -0.05) is 24.1 Å². The number of ether oxygens (including phenoxy) is 1. The summed E-state index contributed by atoms with van der Waals surface area (Å²) in [7, 11) is 1.58. The Morgan fingerprint density at radius 2 is 1.89 bits per heavy atom. The number of rotatable bonds is 8. The molecule has 2 aliphatic rings. The van der Waals surface area contributed by atoms with Crippen molar-refractivity contribution in [3.8, 4) is 5.75 Å². The van der Waals surface area contributed by atoms with E-state index in [0.29, 0.717) is 45.9 Å². The number of carbonyl (C=O) groups is 1. The minimum Gasteiger partial charge on any atom is -0.495 e. The first-order valence-corrected chi connectivity index (χ1v) is 12.7. The van der Waals surface area contributed by atoms with Crippen molar-refractivity contribution in [1.82, 2.24) is 25.3 Å². The van der Waals surface area contributed by atoms with Gasteiger partial charge in [-0.25, -0.2) is 15.0 Å². The lowest BCUT2D eigenvalue weighted by atomic mass is 9.63. The Hall–Kier alpha value is -3.46. The third-order valence-corrected chi connectivity index (χ3v) is 7.54. The zero-order valence-electron chi connectivity index (χ0n) is 20.3. The van der Waals surface area contributed by atoms with Gasteiger partial charge in [-0.05, 0) is 54.9 Å². The number of nitrogens with one attached hydrogen (secondary N) is 2. The summed E-state index contributed by atoms with van der Waals surface area (Å²) >= 11 is 6.30. The van der Waals surface area contributed by atoms with E-state index in [1.165, 1.54) is 32.1 Å². The van der Waals surface area contributed by atoms with Crippen LogP contribution in [0.25, 0.3) is 0 Å². The predicted molar refractivity (Wildman–Crippen MR) is 138 cm³/mol. The monoisotopic (exact) mass is 507 g/mol. The predicted octanol–water partition coefficient (Wildman–Crippen LogP) is 4.24. The molecule has 2 N–H and O–H groups in total. The number of aromatic nitrogens is 4. The van der Waals surface area contributed by atoms with Crippen LogP contribution in [0.1, 0.15) is 53.8 Å². The second-order valence-corrected chi connectivity index (χ2v) is 9.85. The molecule has 5 rings (SSSR count). The molecule has 3 heterocycles. The number of carbonyl (C=O) groups excluding carboxylic acids is 1. The summed E-state index contributed by atoms with van der Waals surface area (Å²) in [6, 6.07) is 7.32. The van der Waals surface area contributed by atoms with Gasteiger partial charge in [-0.2, -0.15) is 4.98 Å². The third-order valence-electron chi connectivity index (χ3n) is 7.24. The van der Waals surface area contributed by atoms with Crippen molar-refractivity contribution < 1.29 is 9.53 Å². The summed E-state index contributed by atoms with van der Waals surface area (Å²) in [5.74, 6) is 1.97. The number of piperidine rings is 1. The van der Waals surface area contributed by atoms with Crippen LogP contribution in [0.5, 0.6) is 5.75 Å². The molecular formula is C26H30ClN7O2. The number of benzene rings is 1. The maximum atomic E-state index is 13.1. The quantitative estimate of drug-likeness (QED) is 0.466. The van der Waals surface area contributed by atoms with E-state index in [9.17, 15) is 4.79 Å². The van der Waals surface area contributed by atoms with Crippen molar-refractivity contribution in [2.24, 2.45) is 5.41 Å². The van der Waals surface area contributed by atoms with Gasteiger partial charge in [0.05, 0.1) is 18.7 Å². The molecule has 188 valence electrons. The summed E-state index contributed by atoms with van der Waals surface area (Å²) in [4.78, 5) is 33.0. The van der Waals surface area contributed by atoms with Gasteiger partial charge in [0.25, 0.3) is 5.91 Å². The third kappa shape index (κ3) is 5.36. The maximum Gasteiger partial charge on any atom is 0.256 e. The molecule has 36 heavy (non-hydrogen) atoms. The van der Waals surface area contributed by atoms with Crippen molar-refractivity contribution in [1.29, 1.82) is 0 Å². The van der Waals surface area contributed by atoms with Crippen LogP contribution in [0.15, 0.2) is 42.9 Å². The first-order chi connectivity index (χ1) is 17.5. The van der Waals surface area contributed by atoms with Crippen molar-refractivity contribution >= 4 is 29.3 Å². The number of methoxy groups -OCH3 is 1. The molecule has 10 heteroatoms. The van der Waals surface area contributed by atoms with Gasteiger partial charge in [0.1, 0.15) is 23.0 Å². The average molecular weight is 508 g/mol. The van der Waals surface area contributed by atoms with Gasteiger partial charge in [-0.3, -0.25) is 4.79 Å². The van der Waals surface area contributed by atoms with E-state index >= 15 is 0 Å². The van der Waals surface area contributed by atoms with Crippen LogP contribution in [0.3, 0.4) is 0 Å². The Kier molecular flexibility index (Phi) is 7.18. The molecule has 0 unspecified atom stereocenters. The van der Waals surface area contributed by atoms with Crippen LogP contribution in [0, 0.1) is 5.41 Å². The SMILES string of the molecule is COc1ccc(CNc2nc(N3CCC4(CCC4)CC3)ncc2C(=O)NCc2ncccn2)cc1Cl. The van der Waals surface area contributed by atoms with Gasteiger partial charge in [0.15, 0.2) is 0 Å². The largest absolute Gasteiger partial charge is 0.495 e. The summed E-state index contributed by atoms with van der Waals surface area (Å²) in [6.07, 6.45) is 11.2. The number of hydrogen-bond acceptors (Lipinski definition) is 8. The van der Waals surface area contributed by atoms with Crippen LogP contribution in [-0.2, 0) is 13.1 Å². The summed E-state index contributed by atoms with van der Waals surface area (Å²) in [6.45, 7) is 2.52. The zero-order valence-corrected chi connectivity index (χ0v) is 21.1. The smallest absolute Gasteiger partial charge is 0.256 e. The Balaban J connectivity index is 1.34. The van der Waals surface area contributed by atoms with E-state index in [-0.39, 0.29) is 12.5 Å². The van der Waals surface area contributed by atoms with E-state index < -0.39 is 0 Å². The minimum atomic E-state index is -0.295. The van der Waals surface area contributed by atoms with Crippen LogP contribution in [0.2, 0.25) is 5.02 Å². The maximum absolute atomic E-state index is 13.1. The number of hydrogen-bond donors (Lipinski definition) is 2. The van der Waals surface area contributed by atoms with E-state index in [0.717, 1.165) is 18.7 Å². The fourth-order valence-corrected chi connectivity index (χ4v) is 5.15. The Morgan fingerprint density at radius 3 is 2.56 bits per heavy atom. The minimum absolute atomic E-state index is 0.211. The zero-order chi connectivity index (χ0) is 25.0. The summed E-state index contributed by atoms with van der Waals surface area (Å²) in [5, 5.41) is 6.72. The van der Waals surface area contributed by atoms with Crippen molar-refractivity contribution in [3.63, 3.8) is 0 Å². The highest BCUT2D eigenvalue weighted by Gasteiger charge is 2.40. The molecule has 0 radical (unpaired) electrons. The number of nitrogens with zero attached hydrogens (tertiary/aromatic N) is 5. The van der Waals surface area contributed by atoms with Gasteiger partial charge < -0.3 is 20.3 Å². The molecule has 2 aromatic heterocycles. The average Bonchev–Trinajstić information content (AvgIpc) is 2.90. The van der Waals surface area contributed by atoms with Crippen molar-refractivity contribution in [2.75, 3.05) is 30.4 Å². The molecule has 0 atom stereocenters. The molecule has 2 fully saturated rings.